The molecule has 2 aromatic carbocycles. The molecule has 4 rings (SSSR count). The molecule has 1 aromatic heterocycles. The molecule has 1 aliphatic rings. The fourth-order valence-corrected chi connectivity index (χ4v) is 4.38. The highest BCUT2D eigenvalue weighted by Gasteiger charge is 2.28. The molecule has 1 saturated heterocycles. The first-order chi connectivity index (χ1) is 15.8. The minimum absolute atomic E-state index is 0.125. The van der Waals surface area contributed by atoms with Gasteiger partial charge in [0.25, 0.3) is 5.91 Å². The minimum atomic E-state index is -0.125. The van der Waals surface area contributed by atoms with E-state index in [9.17, 15) is 4.79 Å². The van der Waals surface area contributed by atoms with E-state index >= 15 is 0 Å². The molecule has 174 valence electrons. The van der Waals surface area contributed by atoms with Crippen molar-refractivity contribution in [1.82, 2.24) is 15.0 Å². The Morgan fingerprint density at radius 3 is 2.36 bits per heavy atom. The van der Waals surface area contributed by atoms with Crippen LogP contribution in [0.2, 0.25) is 10.0 Å². The van der Waals surface area contributed by atoms with Crippen molar-refractivity contribution in [2.45, 2.75) is 33.9 Å². The second-order valence-corrected chi connectivity index (χ2v) is 9.31. The zero-order valence-electron chi connectivity index (χ0n) is 19.0. The fourth-order valence-electron chi connectivity index (χ4n) is 4.06. The molecular formula is C25H27Cl2N3O3. The third kappa shape index (κ3) is 5.69. The number of hydrogen-bond acceptors (Lipinski definition) is 5. The number of aromatic nitrogens is 1. The summed E-state index contributed by atoms with van der Waals surface area (Å²) in [5.41, 5.74) is 4.37. The molecule has 1 amide bonds. The third-order valence-electron chi connectivity index (χ3n) is 5.82. The molecule has 0 N–H and O–H groups in total. The average molecular weight is 488 g/mol. The van der Waals surface area contributed by atoms with Crippen molar-refractivity contribution >= 4 is 29.1 Å². The molecule has 0 bridgehead atoms. The van der Waals surface area contributed by atoms with E-state index in [0.717, 1.165) is 42.1 Å². The quantitative estimate of drug-likeness (QED) is 0.462. The summed E-state index contributed by atoms with van der Waals surface area (Å²) >= 11 is 12.1. The van der Waals surface area contributed by atoms with Gasteiger partial charge in [-0.15, -0.1) is 0 Å². The van der Waals surface area contributed by atoms with E-state index in [1.165, 1.54) is 0 Å². The zero-order chi connectivity index (χ0) is 23.5. The molecule has 0 atom stereocenters. The molecule has 33 heavy (non-hydrogen) atoms. The second-order valence-electron chi connectivity index (χ2n) is 8.49. The molecule has 1 aliphatic heterocycles. The number of piperazine rings is 1. The van der Waals surface area contributed by atoms with Gasteiger partial charge in [-0.2, -0.15) is 0 Å². The van der Waals surface area contributed by atoms with E-state index in [2.05, 4.69) is 16.1 Å². The maximum absolute atomic E-state index is 13.2. The number of ether oxygens (including phenoxy) is 1. The first-order valence-corrected chi connectivity index (χ1v) is 11.7. The molecular weight excluding hydrogens is 461 g/mol. The van der Waals surface area contributed by atoms with E-state index in [1.807, 2.05) is 49.1 Å². The van der Waals surface area contributed by atoms with Gasteiger partial charge in [-0.05, 0) is 61.7 Å². The number of nitrogens with zero attached hydrogens (tertiary/aromatic N) is 3. The van der Waals surface area contributed by atoms with Crippen LogP contribution in [0.25, 0.3) is 0 Å². The van der Waals surface area contributed by atoms with Gasteiger partial charge in [0.2, 0.25) is 0 Å². The monoisotopic (exact) mass is 487 g/mol. The van der Waals surface area contributed by atoms with Crippen molar-refractivity contribution in [3.63, 3.8) is 0 Å². The number of amides is 1. The van der Waals surface area contributed by atoms with Gasteiger partial charge in [0.1, 0.15) is 18.1 Å². The van der Waals surface area contributed by atoms with Gasteiger partial charge < -0.3 is 14.2 Å². The molecule has 0 unspecified atom stereocenters. The highest BCUT2D eigenvalue weighted by molar-refractivity contribution is 6.42. The predicted octanol–water partition coefficient (Wildman–Crippen LogP) is 5.44. The SMILES string of the molecule is Cc1cc(C)cc(OCc2c(C(=O)N3CCN(Cc4ccc(Cl)c(Cl)c4)CC3)noc2C)c1. The first kappa shape index (κ1) is 23.6. The molecule has 0 spiro atoms. The van der Waals surface area contributed by atoms with E-state index in [-0.39, 0.29) is 12.5 Å². The highest BCUT2D eigenvalue weighted by Crippen LogP contribution is 2.24. The molecule has 0 aliphatic carbocycles. The average Bonchev–Trinajstić information content (AvgIpc) is 3.14. The first-order valence-electron chi connectivity index (χ1n) is 10.9. The third-order valence-corrected chi connectivity index (χ3v) is 6.55. The van der Waals surface area contributed by atoms with E-state index in [0.29, 0.717) is 40.2 Å². The smallest absolute Gasteiger partial charge is 0.276 e. The maximum Gasteiger partial charge on any atom is 0.276 e. The summed E-state index contributed by atoms with van der Waals surface area (Å²) in [6.45, 7) is 9.61. The summed E-state index contributed by atoms with van der Waals surface area (Å²) in [7, 11) is 0. The van der Waals surface area contributed by atoms with Crippen molar-refractivity contribution in [3.05, 3.63) is 80.2 Å². The van der Waals surface area contributed by atoms with Crippen LogP contribution in [0.15, 0.2) is 40.9 Å². The molecule has 3 aromatic rings. The Morgan fingerprint density at radius 1 is 1.00 bits per heavy atom. The Hall–Kier alpha value is -2.54. The van der Waals surface area contributed by atoms with Gasteiger partial charge in [-0.1, -0.05) is 40.5 Å². The molecule has 8 heteroatoms. The zero-order valence-corrected chi connectivity index (χ0v) is 20.5. The number of rotatable bonds is 6. The van der Waals surface area contributed by atoms with Crippen molar-refractivity contribution in [1.29, 1.82) is 0 Å². The van der Waals surface area contributed by atoms with Crippen LogP contribution in [0.1, 0.15) is 38.5 Å². The van der Waals surface area contributed by atoms with Gasteiger partial charge >= 0.3 is 0 Å². The summed E-state index contributed by atoms with van der Waals surface area (Å²) in [5, 5.41) is 5.16. The minimum Gasteiger partial charge on any atom is -0.489 e. The van der Waals surface area contributed by atoms with Crippen LogP contribution in [0.4, 0.5) is 0 Å². The number of halogens is 2. The summed E-state index contributed by atoms with van der Waals surface area (Å²) < 4.78 is 11.3. The lowest BCUT2D eigenvalue weighted by Crippen LogP contribution is -2.48. The fraction of sp³-hybridized carbons (Fsp3) is 0.360. The van der Waals surface area contributed by atoms with Gasteiger partial charge in [0, 0.05) is 32.7 Å². The summed E-state index contributed by atoms with van der Waals surface area (Å²) in [6.07, 6.45) is 0. The highest BCUT2D eigenvalue weighted by atomic mass is 35.5. The Labute approximate surface area is 204 Å². The van der Waals surface area contributed by atoms with Crippen molar-refractivity contribution in [3.8, 4) is 5.75 Å². The lowest BCUT2D eigenvalue weighted by molar-refractivity contribution is 0.0616. The van der Waals surface area contributed by atoms with Crippen LogP contribution in [0.3, 0.4) is 0 Å². The van der Waals surface area contributed by atoms with Crippen LogP contribution in [-0.2, 0) is 13.2 Å². The lowest BCUT2D eigenvalue weighted by atomic mass is 10.1. The Bertz CT molecular complexity index is 1130. The van der Waals surface area contributed by atoms with Crippen LogP contribution in [0, 0.1) is 20.8 Å². The molecule has 2 heterocycles. The summed E-state index contributed by atoms with van der Waals surface area (Å²) in [4.78, 5) is 17.3. The van der Waals surface area contributed by atoms with Gasteiger partial charge in [-0.25, -0.2) is 0 Å². The number of aryl methyl sites for hydroxylation is 3. The Balaban J connectivity index is 1.37. The second kappa shape index (κ2) is 10.2. The molecule has 6 nitrogen and oxygen atoms in total. The largest absolute Gasteiger partial charge is 0.489 e. The predicted molar refractivity (Wildman–Crippen MR) is 129 cm³/mol. The van der Waals surface area contributed by atoms with Crippen molar-refractivity contribution in [2.24, 2.45) is 0 Å². The van der Waals surface area contributed by atoms with E-state index < -0.39 is 0 Å². The van der Waals surface area contributed by atoms with E-state index in [1.54, 1.807) is 6.92 Å². The molecule has 0 radical (unpaired) electrons. The maximum atomic E-state index is 13.2. The van der Waals surface area contributed by atoms with Crippen LogP contribution >= 0.6 is 23.2 Å². The van der Waals surface area contributed by atoms with E-state index in [4.69, 9.17) is 32.5 Å². The number of benzene rings is 2. The van der Waals surface area contributed by atoms with Crippen molar-refractivity contribution in [2.75, 3.05) is 26.2 Å². The van der Waals surface area contributed by atoms with Gasteiger partial charge in [0.05, 0.1) is 15.6 Å². The summed E-state index contributed by atoms with van der Waals surface area (Å²) in [6, 6.07) is 11.7. The van der Waals surface area contributed by atoms with Gasteiger partial charge in [-0.3, -0.25) is 9.69 Å². The van der Waals surface area contributed by atoms with Crippen LogP contribution in [0.5, 0.6) is 5.75 Å². The standard InChI is InChI=1S/C25H27Cl2N3O3/c1-16-10-17(2)12-20(11-16)32-15-21-18(3)33-28-24(21)25(31)30-8-6-29(7-9-30)14-19-4-5-22(26)23(27)13-19/h4-5,10-13H,6-9,14-15H2,1-3H3. The normalized spacial score (nSPS) is 14.5. The molecule has 1 fully saturated rings. The van der Waals surface area contributed by atoms with Crippen molar-refractivity contribution < 1.29 is 14.1 Å². The topological polar surface area (TPSA) is 58.8 Å². The Kier molecular flexibility index (Phi) is 7.27. The number of hydrogen-bond donors (Lipinski definition) is 0. The van der Waals surface area contributed by atoms with Crippen LogP contribution in [-0.4, -0.2) is 47.0 Å². The lowest BCUT2D eigenvalue weighted by Gasteiger charge is -2.34. The summed E-state index contributed by atoms with van der Waals surface area (Å²) in [5.74, 6) is 1.24. The Morgan fingerprint density at radius 2 is 1.70 bits per heavy atom. The van der Waals surface area contributed by atoms with Gasteiger partial charge in [0.15, 0.2) is 5.69 Å². The number of carbonyl (C=O) groups is 1. The number of carbonyl (C=O) groups excluding carboxylic acids is 1. The molecule has 0 saturated carbocycles. The van der Waals surface area contributed by atoms with Crippen LogP contribution < -0.4 is 4.74 Å².